The highest BCUT2D eigenvalue weighted by Crippen LogP contribution is 2.30. The van der Waals surface area contributed by atoms with E-state index in [1.54, 1.807) is 30.3 Å². The predicted molar refractivity (Wildman–Crippen MR) is 100 cm³/mol. The van der Waals surface area contributed by atoms with Crippen molar-refractivity contribution in [1.29, 1.82) is 0 Å². The lowest BCUT2D eigenvalue weighted by Gasteiger charge is -2.10. The maximum absolute atomic E-state index is 13.7. The third-order valence-corrected chi connectivity index (χ3v) is 4.79. The maximum atomic E-state index is 13.7. The standard InChI is InChI=1S/C19H16FNO5S/c1-24-14-7-6-11(8-15(14)25-2)21-18(22)10-26-19(23)17-9-12-13(20)4-3-5-16(12)27-17/h3-9H,10H2,1-2H3,(H,21,22). The van der Waals surface area contributed by atoms with Crippen LogP contribution in [-0.2, 0) is 9.53 Å². The maximum Gasteiger partial charge on any atom is 0.348 e. The summed E-state index contributed by atoms with van der Waals surface area (Å²) in [5.41, 5.74) is 0.470. The van der Waals surface area contributed by atoms with Gasteiger partial charge in [-0.3, -0.25) is 4.79 Å². The van der Waals surface area contributed by atoms with Crippen molar-refractivity contribution in [2.75, 3.05) is 26.1 Å². The second kappa shape index (κ2) is 8.05. The number of fused-ring (bicyclic) bond motifs is 1. The molecular weight excluding hydrogens is 373 g/mol. The topological polar surface area (TPSA) is 73.9 Å². The number of amides is 1. The second-order valence-electron chi connectivity index (χ2n) is 5.46. The lowest BCUT2D eigenvalue weighted by Crippen LogP contribution is -2.20. The lowest BCUT2D eigenvalue weighted by molar-refractivity contribution is -0.119. The van der Waals surface area contributed by atoms with Gasteiger partial charge in [-0.2, -0.15) is 0 Å². The fourth-order valence-electron chi connectivity index (χ4n) is 2.44. The van der Waals surface area contributed by atoms with E-state index in [1.807, 2.05) is 0 Å². The number of methoxy groups -OCH3 is 2. The van der Waals surface area contributed by atoms with Gasteiger partial charge in [0.25, 0.3) is 5.91 Å². The van der Waals surface area contributed by atoms with Crippen LogP contribution in [0.3, 0.4) is 0 Å². The first-order chi connectivity index (χ1) is 13.0. The van der Waals surface area contributed by atoms with Crippen molar-refractivity contribution in [2.24, 2.45) is 0 Å². The van der Waals surface area contributed by atoms with Crippen LogP contribution in [0.15, 0.2) is 42.5 Å². The average molecular weight is 389 g/mol. The number of hydrogen-bond acceptors (Lipinski definition) is 6. The summed E-state index contributed by atoms with van der Waals surface area (Å²) in [6.45, 7) is -0.468. The van der Waals surface area contributed by atoms with Gasteiger partial charge >= 0.3 is 5.97 Å². The first-order valence-electron chi connectivity index (χ1n) is 7.89. The minimum Gasteiger partial charge on any atom is -0.493 e. The summed E-state index contributed by atoms with van der Waals surface area (Å²) >= 11 is 1.11. The highest BCUT2D eigenvalue weighted by atomic mass is 32.1. The molecule has 1 aromatic heterocycles. The molecule has 0 spiro atoms. The van der Waals surface area contributed by atoms with Crippen molar-refractivity contribution in [3.8, 4) is 11.5 Å². The Morgan fingerprint density at radius 3 is 2.56 bits per heavy atom. The molecule has 0 atom stereocenters. The molecule has 3 rings (SSSR count). The molecule has 2 aromatic carbocycles. The van der Waals surface area contributed by atoms with Crippen molar-refractivity contribution in [3.63, 3.8) is 0 Å². The third kappa shape index (κ3) is 4.17. The van der Waals surface area contributed by atoms with E-state index in [-0.39, 0.29) is 4.88 Å². The summed E-state index contributed by atoms with van der Waals surface area (Å²) < 4.78 is 29.6. The number of nitrogens with one attached hydrogen (secondary N) is 1. The van der Waals surface area contributed by atoms with Crippen LogP contribution in [0.5, 0.6) is 11.5 Å². The van der Waals surface area contributed by atoms with Gasteiger partial charge in [-0.15, -0.1) is 11.3 Å². The molecule has 0 saturated heterocycles. The Kier molecular flexibility index (Phi) is 5.56. The van der Waals surface area contributed by atoms with Crippen molar-refractivity contribution in [3.05, 3.63) is 53.2 Å². The summed E-state index contributed by atoms with van der Waals surface area (Å²) in [7, 11) is 2.99. The Hall–Kier alpha value is -3.13. The SMILES string of the molecule is COc1ccc(NC(=O)COC(=O)c2cc3c(F)cccc3s2)cc1OC. The summed E-state index contributed by atoms with van der Waals surface area (Å²) in [5.74, 6) is -0.617. The molecule has 6 nitrogen and oxygen atoms in total. The summed E-state index contributed by atoms with van der Waals surface area (Å²) in [4.78, 5) is 24.4. The van der Waals surface area contributed by atoms with E-state index in [1.165, 1.54) is 26.4 Å². The van der Waals surface area contributed by atoms with E-state index in [9.17, 15) is 14.0 Å². The Morgan fingerprint density at radius 1 is 1.07 bits per heavy atom. The van der Waals surface area contributed by atoms with Crippen molar-refractivity contribution < 1.29 is 28.2 Å². The molecule has 3 aromatic rings. The molecule has 0 aliphatic rings. The van der Waals surface area contributed by atoms with Gasteiger partial charge in [0, 0.05) is 21.8 Å². The number of halogens is 1. The van der Waals surface area contributed by atoms with Gasteiger partial charge in [0.05, 0.1) is 14.2 Å². The molecule has 0 radical (unpaired) electrons. The number of benzene rings is 2. The van der Waals surface area contributed by atoms with Gasteiger partial charge in [-0.25, -0.2) is 9.18 Å². The zero-order chi connectivity index (χ0) is 19.4. The number of anilines is 1. The number of carbonyl (C=O) groups is 2. The lowest BCUT2D eigenvalue weighted by atomic mass is 10.2. The molecular formula is C19H16FNO5S. The molecule has 0 unspecified atom stereocenters. The van der Waals surface area contributed by atoms with Crippen LogP contribution in [0.25, 0.3) is 10.1 Å². The fourth-order valence-corrected chi connectivity index (χ4v) is 3.41. The van der Waals surface area contributed by atoms with E-state index in [4.69, 9.17) is 14.2 Å². The normalized spacial score (nSPS) is 10.5. The first-order valence-corrected chi connectivity index (χ1v) is 8.70. The van der Waals surface area contributed by atoms with Crippen LogP contribution in [0.2, 0.25) is 0 Å². The monoisotopic (exact) mass is 389 g/mol. The van der Waals surface area contributed by atoms with Crippen LogP contribution < -0.4 is 14.8 Å². The molecule has 0 aliphatic heterocycles. The van der Waals surface area contributed by atoms with Crippen LogP contribution >= 0.6 is 11.3 Å². The van der Waals surface area contributed by atoms with Crippen LogP contribution in [0, 0.1) is 5.82 Å². The number of thiophene rings is 1. The summed E-state index contributed by atoms with van der Waals surface area (Å²) in [6.07, 6.45) is 0. The molecule has 0 aliphatic carbocycles. The number of hydrogen-bond donors (Lipinski definition) is 1. The Morgan fingerprint density at radius 2 is 1.85 bits per heavy atom. The number of esters is 1. The van der Waals surface area contributed by atoms with Crippen LogP contribution in [0.1, 0.15) is 9.67 Å². The molecule has 0 saturated carbocycles. The van der Waals surface area contributed by atoms with Crippen LogP contribution in [-0.4, -0.2) is 32.7 Å². The molecule has 0 fully saturated rings. The Labute approximate surface area is 158 Å². The molecule has 27 heavy (non-hydrogen) atoms. The van der Waals surface area contributed by atoms with Gasteiger partial charge in [-0.05, 0) is 30.3 Å². The zero-order valence-electron chi connectivity index (χ0n) is 14.6. The zero-order valence-corrected chi connectivity index (χ0v) is 15.4. The van der Waals surface area contributed by atoms with Crippen molar-refractivity contribution in [2.45, 2.75) is 0 Å². The first kappa shape index (κ1) is 18.7. The Bertz CT molecular complexity index is 1000. The van der Waals surface area contributed by atoms with E-state index in [0.29, 0.717) is 27.3 Å². The largest absolute Gasteiger partial charge is 0.493 e. The van der Waals surface area contributed by atoms with Crippen molar-refractivity contribution in [1.82, 2.24) is 0 Å². The van der Waals surface area contributed by atoms with E-state index < -0.39 is 24.3 Å². The van der Waals surface area contributed by atoms with Gasteiger partial charge < -0.3 is 19.5 Å². The van der Waals surface area contributed by atoms with E-state index in [2.05, 4.69) is 5.32 Å². The smallest absolute Gasteiger partial charge is 0.348 e. The highest BCUT2D eigenvalue weighted by molar-refractivity contribution is 7.20. The molecule has 0 bridgehead atoms. The highest BCUT2D eigenvalue weighted by Gasteiger charge is 2.15. The molecule has 1 heterocycles. The quantitative estimate of drug-likeness (QED) is 0.648. The molecule has 1 amide bonds. The Balaban J connectivity index is 1.61. The minimum absolute atomic E-state index is 0.231. The summed E-state index contributed by atoms with van der Waals surface area (Å²) in [6, 6.07) is 10.9. The van der Waals surface area contributed by atoms with Gasteiger partial charge in [0.15, 0.2) is 18.1 Å². The predicted octanol–water partition coefficient (Wildman–Crippen LogP) is 3.85. The van der Waals surface area contributed by atoms with Gasteiger partial charge in [0.1, 0.15) is 10.7 Å². The van der Waals surface area contributed by atoms with Crippen molar-refractivity contribution >= 4 is 39.0 Å². The number of rotatable bonds is 6. The van der Waals surface area contributed by atoms with E-state index >= 15 is 0 Å². The summed E-state index contributed by atoms with van der Waals surface area (Å²) in [5, 5.41) is 2.95. The second-order valence-corrected chi connectivity index (χ2v) is 6.54. The minimum atomic E-state index is -0.682. The third-order valence-electron chi connectivity index (χ3n) is 3.71. The molecule has 140 valence electrons. The number of ether oxygens (including phenoxy) is 3. The fraction of sp³-hybridized carbons (Fsp3) is 0.158. The number of carbonyl (C=O) groups excluding carboxylic acids is 2. The van der Waals surface area contributed by atoms with Gasteiger partial charge in [0.2, 0.25) is 0 Å². The molecule has 1 N–H and O–H groups in total. The van der Waals surface area contributed by atoms with Gasteiger partial charge in [-0.1, -0.05) is 6.07 Å². The van der Waals surface area contributed by atoms with E-state index in [0.717, 1.165) is 11.3 Å². The van der Waals surface area contributed by atoms with Crippen LogP contribution in [0.4, 0.5) is 10.1 Å². The average Bonchev–Trinajstić information content (AvgIpc) is 3.12. The molecule has 8 heteroatoms.